The molecule has 214 valence electrons. The molecule has 0 saturated carbocycles. The lowest BCUT2D eigenvalue weighted by Gasteiger charge is -2.19. The summed E-state index contributed by atoms with van der Waals surface area (Å²) >= 11 is 6.72. The quantitative estimate of drug-likeness (QED) is 0.156. The van der Waals surface area contributed by atoms with Gasteiger partial charge in [-0.3, -0.25) is 4.79 Å². The molecule has 0 aliphatic rings. The van der Waals surface area contributed by atoms with Crippen LogP contribution < -0.4 is 14.8 Å². The van der Waals surface area contributed by atoms with Crippen molar-refractivity contribution in [3.63, 3.8) is 0 Å². The Hall–Kier alpha value is -4.82. The molecule has 42 heavy (non-hydrogen) atoms. The third-order valence-corrected chi connectivity index (χ3v) is 7.46. The van der Waals surface area contributed by atoms with Crippen molar-refractivity contribution in [1.82, 2.24) is 15.3 Å². The molecular formula is C33H30ClN3O5. The lowest BCUT2D eigenvalue weighted by Crippen LogP contribution is -2.28. The minimum atomic E-state index is -1.19. The standard InChI is InChI=1S/C33H30ClN3O5/c1-4-9-25(19-10-6-5-7-11-19)35-32(38)20-14-15-21(23(18-20)33(39)40)28-22(12-8-13-24(28)34)31-36-29-26(41-2)16-17-27(42-3)30(29)37-31/h5-8,10-18,25H,4,9H2,1-3H3,(H,35,38)(H,36,37)(H,39,40)/t25-/m1/s1. The number of benzene rings is 4. The molecule has 0 spiro atoms. The highest BCUT2D eigenvalue weighted by molar-refractivity contribution is 6.34. The number of nitrogens with zero attached hydrogens (tertiary/aromatic N) is 1. The molecule has 9 heteroatoms. The van der Waals surface area contributed by atoms with Crippen LogP contribution in [0, 0.1) is 0 Å². The van der Waals surface area contributed by atoms with Crippen LogP contribution in [0.15, 0.2) is 78.9 Å². The number of hydrogen-bond donors (Lipinski definition) is 3. The molecule has 1 heterocycles. The molecule has 0 saturated heterocycles. The highest BCUT2D eigenvalue weighted by Gasteiger charge is 2.23. The zero-order valence-electron chi connectivity index (χ0n) is 23.4. The maximum absolute atomic E-state index is 13.3. The van der Waals surface area contributed by atoms with Gasteiger partial charge in [0, 0.05) is 21.7 Å². The predicted octanol–water partition coefficient (Wildman–Crippen LogP) is 7.54. The summed E-state index contributed by atoms with van der Waals surface area (Å²) in [4.78, 5) is 33.9. The third-order valence-electron chi connectivity index (χ3n) is 7.14. The van der Waals surface area contributed by atoms with Gasteiger partial charge in [0.05, 0.1) is 25.8 Å². The Kier molecular flexibility index (Phi) is 8.45. The van der Waals surface area contributed by atoms with Gasteiger partial charge in [0.15, 0.2) is 0 Å². The van der Waals surface area contributed by atoms with E-state index in [4.69, 9.17) is 26.1 Å². The van der Waals surface area contributed by atoms with E-state index in [1.807, 2.05) is 30.3 Å². The van der Waals surface area contributed by atoms with Gasteiger partial charge < -0.3 is 24.9 Å². The van der Waals surface area contributed by atoms with Crippen LogP contribution in [0.25, 0.3) is 33.5 Å². The van der Waals surface area contributed by atoms with E-state index < -0.39 is 5.97 Å². The molecule has 1 aromatic heterocycles. The summed E-state index contributed by atoms with van der Waals surface area (Å²) < 4.78 is 11.0. The van der Waals surface area contributed by atoms with Crippen molar-refractivity contribution in [2.75, 3.05) is 14.2 Å². The maximum atomic E-state index is 13.3. The fourth-order valence-electron chi connectivity index (χ4n) is 5.12. The summed E-state index contributed by atoms with van der Waals surface area (Å²) in [5.41, 5.74) is 3.75. The number of carbonyl (C=O) groups is 2. The van der Waals surface area contributed by atoms with E-state index in [1.165, 1.54) is 6.07 Å². The SMILES string of the molecule is CCC[C@@H](NC(=O)c1ccc(-c2c(Cl)cccc2-c2nc3c(OC)ccc(OC)c3[nH]2)c(C(=O)O)c1)c1ccccc1. The first kappa shape index (κ1) is 28.7. The Labute approximate surface area is 248 Å². The van der Waals surface area contributed by atoms with E-state index in [0.29, 0.717) is 50.1 Å². The van der Waals surface area contributed by atoms with Crippen molar-refractivity contribution in [3.8, 4) is 34.0 Å². The number of nitrogens with one attached hydrogen (secondary N) is 2. The van der Waals surface area contributed by atoms with E-state index in [-0.39, 0.29) is 23.1 Å². The number of aromatic carboxylic acids is 1. The van der Waals surface area contributed by atoms with Gasteiger partial charge in [-0.1, -0.05) is 73.5 Å². The number of ether oxygens (including phenoxy) is 2. The number of aromatic amines is 1. The van der Waals surface area contributed by atoms with Gasteiger partial charge in [-0.2, -0.15) is 0 Å². The second-order valence-corrected chi connectivity index (χ2v) is 10.1. The minimum absolute atomic E-state index is 0.0602. The molecule has 0 aliphatic heterocycles. The number of amides is 1. The molecule has 3 N–H and O–H groups in total. The Morgan fingerprint density at radius 1 is 0.952 bits per heavy atom. The van der Waals surface area contributed by atoms with Crippen LogP contribution in [-0.2, 0) is 0 Å². The van der Waals surface area contributed by atoms with Gasteiger partial charge in [-0.15, -0.1) is 0 Å². The second kappa shape index (κ2) is 12.4. The Bertz CT molecular complexity index is 1730. The number of hydrogen-bond acceptors (Lipinski definition) is 5. The van der Waals surface area contributed by atoms with Crippen molar-refractivity contribution >= 4 is 34.5 Å². The smallest absolute Gasteiger partial charge is 0.336 e. The number of rotatable bonds is 10. The Morgan fingerprint density at radius 2 is 1.69 bits per heavy atom. The summed E-state index contributed by atoms with van der Waals surface area (Å²) in [6.45, 7) is 2.05. The predicted molar refractivity (Wildman–Crippen MR) is 164 cm³/mol. The van der Waals surface area contributed by atoms with Crippen molar-refractivity contribution in [1.29, 1.82) is 0 Å². The average molecular weight is 584 g/mol. The highest BCUT2D eigenvalue weighted by Crippen LogP contribution is 2.41. The molecule has 4 aromatic carbocycles. The first-order valence-electron chi connectivity index (χ1n) is 13.5. The molecule has 0 unspecified atom stereocenters. The first-order valence-corrected chi connectivity index (χ1v) is 13.9. The van der Waals surface area contributed by atoms with Gasteiger partial charge in [0.2, 0.25) is 0 Å². The monoisotopic (exact) mass is 583 g/mol. The number of halogens is 1. The lowest BCUT2D eigenvalue weighted by molar-refractivity contribution is 0.0697. The van der Waals surface area contributed by atoms with Crippen molar-refractivity contribution in [2.24, 2.45) is 0 Å². The maximum Gasteiger partial charge on any atom is 0.336 e. The third kappa shape index (κ3) is 5.53. The van der Waals surface area contributed by atoms with Crippen molar-refractivity contribution < 1.29 is 24.2 Å². The molecule has 0 fully saturated rings. The summed E-state index contributed by atoms with van der Waals surface area (Å²) in [6, 6.07) is 22.9. The largest absolute Gasteiger partial charge is 0.494 e. The fourth-order valence-corrected chi connectivity index (χ4v) is 5.40. The number of carboxylic acid groups (broad SMARTS) is 1. The minimum Gasteiger partial charge on any atom is -0.494 e. The summed E-state index contributed by atoms with van der Waals surface area (Å²) in [5, 5.41) is 13.6. The van der Waals surface area contributed by atoms with Crippen molar-refractivity contribution in [3.05, 3.63) is 101 Å². The van der Waals surface area contributed by atoms with Crippen molar-refractivity contribution in [2.45, 2.75) is 25.8 Å². The molecule has 0 aliphatic carbocycles. The van der Waals surface area contributed by atoms with E-state index >= 15 is 0 Å². The second-order valence-electron chi connectivity index (χ2n) is 9.73. The summed E-state index contributed by atoms with van der Waals surface area (Å²) in [5.74, 6) is 0.0320. The molecule has 1 amide bonds. The molecule has 1 atom stereocenters. The first-order chi connectivity index (χ1) is 20.4. The van der Waals surface area contributed by atoms with E-state index in [1.54, 1.807) is 56.7 Å². The number of H-pyrrole nitrogens is 1. The fraction of sp³-hybridized carbons (Fsp3) is 0.182. The average Bonchev–Trinajstić information content (AvgIpc) is 3.46. The van der Waals surface area contributed by atoms with Crippen LogP contribution >= 0.6 is 11.6 Å². The van der Waals surface area contributed by atoms with E-state index in [9.17, 15) is 14.7 Å². The van der Waals surface area contributed by atoms with Crippen LogP contribution in [-0.4, -0.2) is 41.2 Å². The van der Waals surface area contributed by atoms with Crippen LogP contribution in [0.2, 0.25) is 5.02 Å². The topological polar surface area (TPSA) is 114 Å². The molecule has 5 aromatic rings. The van der Waals surface area contributed by atoms with E-state index in [2.05, 4.69) is 17.2 Å². The van der Waals surface area contributed by atoms with Crippen LogP contribution in [0.3, 0.4) is 0 Å². The number of aromatic nitrogens is 2. The van der Waals surface area contributed by atoms with Crippen LogP contribution in [0.4, 0.5) is 0 Å². The van der Waals surface area contributed by atoms with E-state index in [0.717, 1.165) is 18.4 Å². The molecule has 0 bridgehead atoms. The molecular weight excluding hydrogens is 554 g/mol. The number of carbonyl (C=O) groups excluding carboxylic acids is 1. The van der Waals surface area contributed by atoms with Gasteiger partial charge >= 0.3 is 5.97 Å². The van der Waals surface area contributed by atoms with Gasteiger partial charge in [-0.05, 0) is 47.9 Å². The molecule has 5 rings (SSSR count). The zero-order valence-corrected chi connectivity index (χ0v) is 24.2. The number of methoxy groups -OCH3 is 2. The van der Waals surface area contributed by atoms with Crippen LogP contribution in [0.5, 0.6) is 11.5 Å². The van der Waals surface area contributed by atoms with Gasteiger partial charge in [-0.25, -0.2) is 9.78 Å². The van der Waals surface area contributed by atoms with Crippen LogP contribution in [0.1, 0.15) is 52.1 Å². The number of carboxylic acids is 1. The zero-order chi connectivity index (χ0) is 29.8. The lowest BCUT2D eigenvalue weighted by atomic mass is 9.93. The molecule has 8 nitrogen and oxygen atoms in total. The molecule has 0 radical (unpaired) electrons. The number of fused-ring (bicyclic) bond motifs is 1. The summed E-state index contributed by atoms with van der Waals surface area (Å²) in [6.07, 6.45) is 1.61. The van der Waals surface area contributed by atoms with Gasteiger partial charge in [0.1, 0.15) is 28.4 Å². The van der Waals surface area contributed by atoms with Gasteiger partial charge in [0.25, 0.3) is 5.91 Å². The Morgan fingerprint density at radius 3 is 2.38 bits per heavy atom. The summed E-state index contributed by atoms with van der Waals surface area (Å²) in [7, 11) is 3.12. The normalized spacial score (nSPS) is 11.7. The Balaban J connectivity index is 1.58. The number of imidazole rings is 1. The highest BCUT2D eigenvalue weighted by atomic mass is 35.5.